The quantitative estimate of drug-likeness (QED) is 0.624. The second-order valence-electron chi connectivity index (χ2n) is 6.29. The van der Waals surface area contributed by atoms with Gasteiger partial charge in [-0.1, -0.05) is 6.42 Å². The summed E-state index contributed by atoms with van der Waals surface area (Å²) in [4.78, 5) is 18.6. The van der Waals surface area contributed by atoms with Crippen LogP contribution in [-0.4, -0.2) is 36.0 Å². The van der Waals surface area contributed by atoms with E-state index in [4.69, 9.17) is 0 Å². The SMILES string of the molecule is CC(=O)c1ccc(N=C[C@@H]2CCCN3CCCC[C@@H]23)cc1. The summed E-state index contributed by atoms with van der Waals surface area (Å²) in [5, 5.41) is 0. The number of nitrogens with zero attached hydrogens (tertiary/aromatic N) is 2. The van der Waals surface area contributed by atoms with Crippen molar-refractivity contribution in [2.24, 2.45) is 10.9 Å². The van der Waals surface area contributed by atoms with E-state index in [-0.39, 0.29) is 5.78 Å². The monoisotopic (exact) mass is 284 g/mol. The van der Waals surface area contributed by atoms with E-state index in [9.17, 15) is 4.79 Å². The third-order valence-electron chi connectivity index (χ3n) is 4.83. The van der Waals surface area contributed by atoms with Crippen molar-refractivity contribution in [2.45, 2.75) is 45.1 Å². The molecule has 2 aliphatic heterocycles. The van der Waals surface area contributed by atoms with Crippen molar-refractivity contribution in [3.63, 3.8) is 0 Å². The summed E-state index contributed by atoms with van der Waals surface area (Å²) < 4.78 is 0. The molecule has 21 heavy (non-hydrogen) atoms. The van der Waals surface area contributed by atoms with Crippen molar-refractivity contribution in [3.8, 4) is 0 Å². The minimum Gasteiger partial charge on any atom is -0.300 e. The summed E-state index contributed by atoms with van der Waals surface area (Å²) in [6.45, 7) is 4.13. The average Bonchev–Trinajstić information content (AvgIpc) is 2.53. The van der Waals surface area contributed by atoms with Crippen LogP contribution in [0.1, 0.15) is 49.4 Å². The van der Waals surface area contributed by atoms with Crippen LogP contribution < -0.4 is 0 Å². The third kappa shape index (κ3) is 3.41. The maximum absolute atomic E-state index is 11.3. The first kappa shape index (κ1) is 14.5. The maximum atomic E-state index is 11.3. The topological polar surface area (TPSA) is 32.7 Å². The summed E-state index contributed by atoms with van der Waals surface area (Å²) in [6.07, 6.45) is 8.74. The molecule has 2 saturated heterocycles. The van der Waals surface area contributed by atoms with E-state index in [0.717, 1.165) is 11.3 Å². The van der Waals surface area contributed by atoms with Crippen LogP contribution in [0.2, 0.25) is 0 Å². The molecule has 2 heterocycles. The van der Waals surface area contributed by atoms with E-state index >= 15 is 0 Å². The Bertz CT molecular complexity index is 519. The molecule has 112 valence electrons. The number of benzene rings is 1. The number of rotatable bonds is 3. The molecule has 0 radical (unpaired) electrons. The highest BCUT2D eigenvalue weighted by Crippen LogP contribution is 2.30. The highest BCUT2D eigenvalue weighted by atomic mass is 16.1. The zero-order valence-corrected chi connectivity index (χ0v) is 12.8. The molecule has 0 amide bonds. The van der Waals surface area contributed by atoms with Crippen LogP contribution in [0.3, 0.4) is 0 Å². The number of hydrogen-bond acceptors (Lipinski definition) is 3. The molecule has 3 nitrogen and oxygen atoms in total. The lowest BCUT2D eigenvalue weighted by Crippen LogP contribution is -2.48. The van der Waals surface area contributed by atoms with Gasteiger partial charge in [0.15, 0.2) is 5.78 Å². The zero-order chi connectivity index (χ0) is 14.7. The number of aliphatic imine (C=N–C) groups is 1. The molecule has 0 saturated carbocycles. The molecule has 0 aliphatic carbocycles. The molecule has 0 unspecified atom stereocenters. The molecule has 2 aliphatic rings. The van der Waals surface area contributed by atoms with Crippen LogP contribution in [-0.2, 0) is 0 Å². The molecule has 0 spiro atoms. The van der Waals surface area contributed by atoms with Crippen molar-refractivity contribution in [2.75, 3.05) is 13.1 Å². The van der Waals surface area contributed by atoms with Gasteiger partial charge < -0.3 is 0 Å². The van der Waals surface area contributed by atoms with Crippen LogP contribution in [0.5, 0.6) is 0 Å². The van der Waals surface area contributed by atoms with Gasteiger partial charge in [-0.05, 0) is 70.0 Å². The van der Waals surface area contributed by atoms with Crippen molar-refractivity contribution >= 4 is 17.7 Å². The molecule has 2 fully saturated rings. The third-order valence-corrected chi connectivity index (χ3v) is 4.83. The van der Waals surface area contributed by atoms with E-state index in [1.807, 2.05) is 24.3 Å². The van der Waals surface area contributed by atoms with Crippen molar-refractivity contribution in [1.82, 2.24) is 4.90 Å². The van der Waals surface area contributed by atoms with E-state index in [1.54, 1.807) is 6.92 Å². The Morgan fingerprint density at radius 1 is 1.14 bits per heavy atom. The lowest BCUT2D eigenvalue weighted by Gasteiger charge is -2.43. The highest BCUT2D eigenvalue weighted by molar-refractivity contribution is 5.94. The number of carbonyl (C=O) groups is 1. The predicted octanol–water partition coefficient (Wildman–Crippen LogP) is 3.86. The number of hydrogen-bond donors (Lipinski definition) is 0. The van der Waals surface area contributed by atoms with Gasteiger partial charge in [0, 0.05) is 23.7 Å². The van der Waals surface area contributed by atoms with Crippen molar-refractivity contribution < 1.29 is 4.79 Å². The zero-order valence-electron chi connectivity index (χ0n) is 12.8. The first-order valence-corrected chi connectivity index (χ1v) is 8.13. The van der Waals surface area contributed by atoms with E-state index in [0.29, 0.717) is 12.0 Å². The minimum atomic E-state index is 0.107. The average molecular weight is 284 g/mol. The molecule has 1 aromatic rings. The van der Waals surface area contributed by atoms with Gasteiger partial charge in [-0.15, -0.1) is 0 Å². The van der Waals surface area contributed by atoms with Crippen molar-refractivity contribution in [1.29, 1.82) is 0 Å². The molecular formula is C18H24N2O. The molecular weight excluding hydrogens is 260 g/mol. The molecule has 0 aromatic heterocycles. The normalized spacial score (nSPS) is 26.7. The Labute approximate surface area is 127 Å². The number of carbonyl (C=O) groups excluding carboxylic acids is 1. The second-order valence-corrected chi connectivity index (χ2v) is 6.29. The fourth-order valence-electron chi connectivity index (χ4n) is 3.64. The maximum Gasteiger partial charge on any atom is 0.159 e. The van der Waals surface area contributed by atoms with Gasteiger partial charge >= 0.3 is 0 Å². The van der Waals surface area contributed by atoms with Crippen LogP contribution >= 0.6 is 0 Å². The van der Waals surface area contributed by atoms with Gasteiger partial charge in [0.25, 0.3) is 0 Å². The second kappa shape index (κ2) is 6.52. The largest absolute Gasteiger partial charge is 0.300 e. The van der Waals surface area contributed by atoms with Gasteiger partial charge in [0.1, 0.15) is 0 Å². The molecule has 3 rings (SSSR count). The molecule has 1 aromatic carbocycles. The van der Waals surface area contributed by atoms with E-state index < -0.39 is 0 Å². The Balaban J connectivity index is 1.68. The standard InChI is InChI=1S/C18H24N2O/c1-14(21)15-7-9-17(10-8-15)19-13-16-5-4-12-20-11-3-2-6-18(16)20/h7-10,13,16,18H,2-6,11-12H2,1H3/t16-,18-/m0/s1. The Morgan fingerprint density at radius 3 is 2.67 bits per heavy atom. The molecule has 3 heteroatoms. The van der Waals surface area contributed by atoms with Gasteiger partial charge in [-0.2, -0.15) is 0 Å². The van der Waals surface area contributed by atoms with Gasteiger partial charge in [-0.3, -0.25) is 14.7 Å². The number of Topliss-reactive ketones (excluding diaryl/α,β-unsaturated/α-hetero) is 1. The molecule has 0 N–H and O–H groups in total. The fourth-order valence-corrected chi connectivity index (χ4v) is 3.64. The smallest absolute Gasteiger partial charge is 0.159 e. The Hall–Kier alpha value is -1.48. The summed E-state index contributed by atoms with van der Waals surface area (Å²) in [7, 11) is 0. The van der Waals surface area contributed by atoms with Crippen molar-refractivity contribution in [3.05, 3.63) is 29.8 Å². The van der Waals surface area contributed by atoms with E-state index in [2.05, 4.69) is 16.1 Å². The summed E-state index contributed by atoms with van der Waals surface area (Å²) in [5.41, 5.74) is 1.71. The predicted molar refractivity (Wildman–Crippen MR) is 86.5 cm³/mol. The van der Waals surface area contributed by atoms with Gasteiger partial charge in [0.05, 0.1) is 5.69 Å². The fraction of sp³-hybridized carbons (Fsp3) is 0.556. The summed E-state index contributed by atoms with van der Waals surface area (Å²) >= 11 is 0. The van der Waals surface area contributed by atoms with E-state index in [1.165, 1.54) is 45.2 Å². The number of piperidine rings is 2. The lowest BCUT2D eigenvalue weighted by atomic mass is 9.84. The van der Waals surface area contributed by atoms with Crippen LogP contribution in [0.4, 0.5) is 5.69 Å². The Kier molecular flexibility index (Phi) is 4.49. The first-order chi connectivity index (χ1) is 10.2. The summed E-state index contributed by atoms with van der Waals surface area (Å²) in [6, 6.07) is 8.31. The first-order valence-electron chi connectivity index (χ1n) is 8.13. The Morgan fingerprint density at radius 2 is 1.90 bits per heavy atom. The lowest BCUT2D eigenvalue weighted by molar-refractivity contribution is 0.0870. The minimum absolute atomic E-state index is 0.107. The number of ketones is 1. The van der Waals surface area contributed by atoms with Gasteiger partial charge in [-0.25, -0.2) is 0 Å². The van der Waals surface area contributed by atoms with Gasteiger partial charge in [0.2, 0.25) is 0 Å². The highest BCUT2D eigenvalue weighted by Gasteiger charge is 2.31. The molecule has 2 atom stereocenters. The van der Waals surface area contributed by atoms with Crippen LogP contribution in [0, 0.1) is 5.92 Å². The van der Waals surface area contributed by atoms with Crippen LogP contribution in [0.25, 0.3) is 0 Å². The van der Waals surface area contributed by atoms with Crippen LogP contribution in [0.15, 0.2) is 29.3 Å². The molecule has 0 bridgehead atoms. The summed E-state index contributed by atoms with van der Waals surface area (Å²) in [5.74, 6) is 0.696. The number of fused-ring (bicyclic) bond motifs is 1.